The van der Waals surface area contributed by atoms with E-state index in [4.69, 9.17) is 15.0 Å². The van der Waals surface area contributed by atoms with Gasteiger partial charge in [-0.1, -0.05) is 0 Å². The number of ether oxygens (including phenoxy) is 2. The van der Waals surface area contributed by atoms with Gasteiger partial charge < -0.3 is 31.0 Å². The molecule has 0 aromatic rings. The third-order valence-corrected chi connectivity index (χ3v) is 8.03. The molecular formula is C28H43N5O7. The number of amides is 3. The van der Waals surface area contributed by atoms with Crippen LogP contribution in [0, 0.1) is 17.8 Å². The molecule has 4 aliphatic rings. The molecule has 4 saturated carbocycles. The summed E-state index contributed by atoms with van der Waals surface area (Å²) in [4.78, 5) is 64.9. The number of carbonyl (C=O) groups is 5. The molecule has 3 N–H and O–H groups in total. The van der Waals surface area contributed by atoms with E-state index in [9.17, 15) is 24.0 Å². The number of unbranched alkanes of at least 4 members (excludes halogenated alkanes) is 1. The van der Waals surface area contributed by atoms with E-state index >= 15 is 0 Å². The van der Waals surface area contributed by atoms with Crippen LogP contribution < -0.4 is 16.0 Å². The maximum absolute atomic E-state index is 13.4. The Hall–Kier alpha value is -3.27. The van der Waals surface area contributed by atoms with Gasteiger partial charge in [-0.05, 0) is 95.8 Å². The second-order valence-corrected chi connectivity index (χ2v) is 12.0. The van der Waals surface area contributed by atoms with Crippen molar-refractivity contribution >= 4 is 35.9 Å². The molecule has 0 heterocycles. The molecule has 4 bridgehead atoms. The Kier molecular flexibility index (Phi) is 11.2. The molecule has 4 fully saturated rings. The van der Waals surface area contributed by atoms with Crippen LogP contribution in [-0.4, -0.2) is 71.0 Å². The minimum atomic E-state index is -1.14. The average molecular weight is 562 g/mol. The van der Waals surface area contributed by atoms with Crippen LogP contribution in [0.4, 0.5) is 4.79 Å². The molecule has 3 amide bonds. The van der Waals surface area contributed by atoms with Crippen molar-refractivity contribution in [3.05, 3.63) is 5.53 Å². The fraction of sp³-hybridized carbons (Fsp3) is 0.786. The molecule has 4 aliphatic carbocycles. The largest absolute Gasteiger partial charge is 0.461 e. The van der Waals surface area contributed by atoms with Crippen molar-refractivity contribution in [3.63, 3.8) is 0 Å². The summed E-state index contributed by atoms with van der Waals surface area (Å²) in [6.45, 7) is 5.19. The highest BCUT2D eigenvalue weighted by Gasteiger charge is 2.53. The van der Waals surface area contributed by atoms with Crippen molar-refractivity contribution in [2.45, 2.75) is 115 Å². The molecule has 0 aromatic carbocycles. The van der Waals surface area contributed by atoms with Gasteiger partial charge in [-0.3, -0.25) is 14.4 Å². The number of esters is 1. The molecule has 2 unspecified atom stereocenters. The number of rotatable bonds is 15. The third-order valence-electron chi connectivity index (χ3n) is 8.03. The van der Waals surface area contributed by atoms with Crippen molar-refractivity contribution in [1.29, 1.82) is 0 Å². The zero-order valence-electron chi connectivity index (χ0n) is 23.8. The Morgan fingerprint density at radius 1 is 0.950 bits per heavy atom. The topological polar surface area (TPSA) is 176 Å². The average Bonchev–Trinajstić information content (AvgIpc) is 2.83. The van der Waals surface area contributed by atoms with Gasteiger partial charge in [-0.2, -0.15) is 4.79 Å². The van der Waals surface area contributed by atoms with E-state index in [1.54, 1.807) is 13.8 Å². The zero-order chi connectivity index (χ0) is 29.3. The number of Topliss-reactive ketones (excluding diaryl/α,β-unsaturated/α-hetero) is 1. The molecule has 12 heteroatoms. The summed E-state index contributed by atoms with van der Waals surface area (Å²) in [7, 11) is 0. The van der Waals surface area contributed by atoms with Crippen molar-refractivity contribution in [2.24, 2.45) is 17.8 Å². The van der Waals surface area contributed by atoms with E-state index in [2.05, 4.69) is 20.7 Å². The Morgan fingerprint density at radius 3 is 2.12 bits per heavy atom. The highest BCUT2D eigenvalue weighted by molar-refractivity contribution is 6.25. The first-order chi connectivity index (χ1) is 19.0. The summed E-state index contributed by atoms with van der Waals surface area (Å²) in [5.41, 5.74) is 8.10. The predicted molar refractivity (Wildman–Crippen MR) is 144 cm³/mol. The molecule has 0 saturated heterocycles. The summed E-state index contributed by atoms with van der Waals surface area (Å²) in [5.74, 6) is -0.243. The van der Waals surface area contributed by atoms with Crippen molar-refractivity contribution in [3.8, 4) is 0 Å². The van der Waals surface area contributed by atoms with E-state index in [1.165, 1.54) is 26.2 Å². The maximum atomic E-state index is 13.4. The van der Waals surface area contributed by atoms with Gasteiger partial charge in [0.1, 0.15) is 17.7 Å². The van der Waals surface area contributed by atoms with Gasteiger partial charge in [0, 0.05) is 19.9 Å². The number of nitrogens with one attached hydrogen (secondary N) is 3. The van der Waals surface area contributed by atoms with Crippen molar-refractivity contribution in [2.75, 3.05) is 6.54 Å². The number of alkyl carbamates (subject to hydrolysis) is 1. The van der Waals surface area contributed by atoms with Crippen LogP contribution in [0.5, 0.6) is 0 Å². The molecule has 0 spiro atoms. The maximum Gasteiger partial charge on any atom is 0.408 e. The summed E-state index contributed by atoms with van der Waals surface area (Å²) < 4.78 is 11.3. The lowest BCUT2D eigenvalue weighted by molar-refractivity contribution is -0.152. The Labute approximate surface area is 235 Å². The van der Waals surface area contributed by atoms with Crippen LogP contribution in [0.2, 0.25) is 0 Å². The SMILES string of the molecule is CC(=O)NCCCCC(NC(=O)OC12CC3CC(CC(C3)C1)C2)C(=O)NC(CCC(=O)C=[N+]=[N-])C(=O)OC(C)C. The van der Waals surface area contributed by atoms with Gasteiger partial charge in [0.15, 0.2) is 0 Å². The number of hydrogen-bond donors (Lipinski definition) is 3. The third kappa shape index (κ3) is 9.43. The van der Waals surface area contributed by atoms with E-state index in [0.29, 0.717) is 37.1 Å². The van der Waals surface area contributed by atoms with Crippen molar-refractivity contribution in [1.82, 2.24) is 16.0 Å². The first kappa shape index (κ1) is 31.3. The van der Waals surface area contributed by atoms with Gasteiger partial charge in [0.05, 0.1) is 6.10 Å². The highest BCUT2D eigenvalue weighted by Crippen LogP contribution is 2.57. The van der Waals surface area contributed by atoms with Crippen LogP contribution in [0.25, 0.3) is 5.53 Å². The van der Waals surface area contributed by atoms with Gasteiger partial charge >= 0.3 is 18.3 Å². The molecule has 0 aromatic heterocycles. The van der Waals surface area contributed by atoms with Crippen LogP contribution in [0.3, 0.4) is 0 Å². The lowest BCUT2D eigenvalue weighted by Gasteiger charge is -2.55. The lowest BCUT2D eigenvalue weighted by atomic mass is 9.54. The Bertz CT molecular complexity index is 972. The Morgan fingerprint density at radius 2 is 1.57 bits per heavy atom. The van der Waals surface area contributed by atoms with Crippen LogP contribution in [0.15, 0.2) is 0 Å². The molecule has 2 atom stereocenters. The second kappa shape index (κ2) is 14.4. The first-order valence-electron chi connectivity index (χ1n) is 14.4. The van der Waals surface area contributed by atoms with Crippen LogP contribution in [0.1, 0.15) is 91.4 Å². The first-order valence-corrected chi connectivity index (χ1v) is 14.4. The summed E-state index contributed by atoms with van der Waals surface area (Å²) in [6, 6.07) is -2.14. The molecule has 222 valence electrons. The highest BCUT2D eigenvalue weighted by atomic mass is 16.6. The normalized spacial score (nSPS) is 25.8. The number of nitrogens with zero attached hydrogens (tertiary/aromatic N) is 2. The van der Waals surface area contributed by atoms with Crippen LogP contribution >= 0.6 is 0 Å². The van der Waals surface area contributed by atoms with Gasteiger partial charge in [0.25, 0.3) is 0 Å². The number of hydrogen-bond acceptors (Lipinski definition) is 7. The Balaban J connectivity index is 1.66. The monoisotopic (exact) mass is 561 g/mol. The van der Waals surface area contributed by atoms with Gasteiger partial charge in [0.2, 0.25) is 17.6 Å². The minimum Gasteiger partial charge on any atom is -0.461 e. The lowest BCUT2D eigenvalue weighted by Crippen LogP contribution is -2.56. The number of carbonyl (C=O) groups excluding carboxylic acids is 5. The predicted octanol–water partition coefficient (Wildman–Crippen LogP) is 2.44. The van der Waals surface area contributed by atoms with E-state index in [0.717, 1.165) is 25.5 Å². The zero-order valence-corrected chi connectivity index (χ0v) is 23.8. The standard InChI is InChI=1S/C28H43N5O7/c1-17(2)39-26(37)24(8-7-22(35)16-31-29)32-25(36)23(6-4-5-9-30-18(3)34)33-27(38)40-28-13-19-10-20(14-28)12-21(11-19)15-28/h16-17,19-21,23-24H,4-15H2,1-3H3,(H,30,34)(H,32,36)(H,33,38). The van der Waals surface area contributed by atoms with Crippen molar-refractivity contribution < 1.29 is 38.2 Å². The fourth-order valence-electron chi connectivity index (χ4n) is 6.78. The molecule has 0 radical (unpaired) electrons. The smallest absolute Gasteiger partial charge is 0.408 e. The molecule has 0 aliphatic heterocycles. The fourth-order valence-corrected chi connectivity index (χ4v) is 6.78. The summed E-state index contributed by atoms with van der Waals surface area (Å²) in [6.07, 6.45) is 6.91. The molecule has 4 rings (SSSR count). The molecule has 12 nitrogen and oxygen atoms in total. The quantitative estimate of drug-likeness (QED) is 0.0904. The molecule has 40 heavy (non-hydrogen) atoms. The molecular weight excluding hydrogens is 518 g/mol. The summed E-state index contributed by atoms with van der Waals surface area (Å²) >= 11 is 0. The van der Waals surface area contributed by atoms with E-state index < -0.39 is 47.5 Å². The second-order valence-electron chi connectivity index (χ2n) is 12.0. The van der Waals surface area contributed by atoms with E-state index in [-0.39, 0.29) is 25.2 Å². The van der Waals surface area contributed by atoms with Gasteiger partial charge in [-0.15, -0.1) is 0 Å². The minimum absolute atomic E-state index is 0.0743. The van der Waals surface area contributed by atoms with Gasteiger partial charge in [-0.25, -0.2) is 9.59 Å². The number of ketones is 1. The summed E-state index contributed by atoms with van der Waals surface area (Å²) in [5, 5.41) is 8.06. The van der Waals surface area contributed by atoms with Crippen LogP contribution in [-0.2, 0) is 28.7 Å². The van der Waals surface area contributed by atoms with E-state index in [1.807, 2.05) is 0 Å².